The van der Waals surface area contributed by atoms with Gasteiger partial charge >= 0.3 is 6.09 Å². The number of piperidine rings is 2. The molecule has 2 aliphatic heterocycles. The van der Waals surface area contributed by atoms with E-state index in [0.717, 1.165) is 42.4 Å². The molecule has 2 aromatic rings. The molecular weight excluding hydrogens is 470 g/mol. The monoisotopic (exact) mass is 505 g/mol. The summed E-state index contributed by atoms with van der Waals surface area (Å²) in [6, 6.07) is 17.5. The van der Waals surface area contributed by atoms with Gasteiger partial charge in [-0.05, 0) is 87.5 Å². The first-order valence-corrected chi connectivity index (χ1v) is 13.9. The number of hydrogen-bond acceptors (Lipinski definition) is 5. The van der Waals surface area contributed by atoms with E-state index in [1.807, 2.05) is 32.9 Å². The van der Waals surface area contributed by atoms with Gasteiger partial charge in [0.15, 0.2) is 0 Å². The summed E-state index contributed by atoms with van der Waals surface area (Å²) in [6.07, 6.45) is 5.64. The Morgan fingerprint density at radius 1 is 1.11 bits per heavy atom. The van der Waals surface area contributed by atoms with Gasteiger partial charge in [0.25, 0.3) is 0 Å². The maximum atomic E-state index is 13.4. The number of rotatable bonds is 6. The molecule has 2 heterocycles. The van der Waals surface area contributed by atoms with E-state index in [-0.39, 0.29) is 17.9 Å². The number of carbonyl (C=O) groups is 2. The van der Waals surface area contributed by atoms with Crippen molar-refractivity contribution in [2.75, 3.05) is 6.26 Å². The van der Waals surface area contributed by atoms with Gasteiger partial charge in [-0.25, -0.2) is 4.79 Å². The van der Waals surface area contributed by atoms with Crippen molar-refractivity contribution in [3.05, 3.63) is 54.1 Å². The molecule has 3 fully saturated rings. The molecule has 0 unspecified atom stereocenters. The van der Waals surface area contributed by atoms with E-state index >= 15 is 0 Å². The highest BCUT2D eigenvalue weighted by Crippen LogP contribution is 2.40. The number of fused-ring (bicyclic) bond motifs is 3. The summed E-state index contributed by atoms with van der Waals surface area (Å²) in [6.45, 7) is 5.50. The smallest absolute Gasteiger partial charge is 0.411 e. The normalized spacial score (nSPS) is 22.0. The molecule has 2 saturated heterocycles. The van der Waals surface area contributed by atoms with Gasteiger partial charge in [0.1, 0.15) is 17.7 Å². The lowest BCUT2D eigenvalue weighted by atomic mass is 9.74. The van der Waals surface area contributed by atoms with Gasteiger partial charge in [0, 0.05) is 17.4 Å². The highest BCUT2D eigenvalue weighted by atomic mass is 32.2. The summed E-state index contributed by atoms with van der Waals surface area (Å²) >= 11 is 1.71. The Hall–Kier alpha value is -2.98. The quantitative estimate of drug-likeness (QED) is 0.502. The van der Waals surface area contributed by atoms with Crippen molar-refractivity contribution in [3.8, 4) is 17.2 Å². The molecule has 36 heavy (non-hydrogen) atoms. The molecule has 0 spiro atoms. The fraction of sp³-hybridized carbons (Fsp3) is 0.483. The van der Waals surface area contributed by atoms with Crippen molar-refractivity contribution in [2.24, 2.45) is 5.92 Å². The number of ether oxygens (including phenoxy) is 1. The predicted molar refractivity (Wildman–Crippen MR) is 143 cm³/mol. The van der Waals surface area contributed by atoms with E-state index in [4.69, 9.17) is 4.74 Å². The van der Waals surface area contributed by atoms with Crippen molar-refractivity contribution < 1.29 is 14.3 Å². The van der Waals surface area contributed by atoms with E-state index in [9.17, 15) is 14.9 Å². The Bertz CT molecular complexity index is 1130. The summed E-state index contributed by atoms with van der Waals surface area (Å²) < 4.78 is 5.64. The first-order valence-electron chi connectivity index (χ1n) is 12.6. The van der Waals surface area contributed by atoms with Gasteiger partial charge < -0.3 is 10.1 Å². The van der Waals surface area contributed by atoms with Crippen molar-refractivity contribution in [1.29, 1.82) is 5.26 Å². The summed E-state index contributed by atoms with van der Waals surface area (Å²) in [4.78, 5) is 29.3. The first-order chi connectivity index (χ1) is 17.2. The van der Waals surface area contributed by atoms with Crippen LogP contribution < -0.4 is 5.32 Å². The number of carbonyl (C=O) groups excluding carboxylic acids is 2. The Balaban J connectivity index is 1.44. The average molecular weight is 506 g/mol. The molecule has 2 bridgehead atoms. The average Bonchev–Trinajstić information content (AvgIpc) is 2.87. The van der Waals surface area contributed by atoms with Crippen LogP contribution in [0.25, 0.3) is 11.1 Å². The molecule has 3 aliphatic rings. The van der Waals surface area contributed by atoms with Crippen LogP contribution in [0, 0.1) is 17.2 Å². The second-order valence-electron chi connectivity index (χ2n) is 10.7. The minimum atomic E-state index is -0.677. The van der Waals surface area contributed by atoms with E-state index in [0.29, 0.717) is 6.42 Å². The zero-order valence-corrected chi connectivity index (χ0v) is 22.3. The van der Waals surface area contributed by atoms with Crippen LogP contribution in [0.15, 0.2) is 53.4 Å². The number of nitrogens with one attached hydrogen (secondary N) is 1. The van der Waals surface area contributed by atoms with Gasteiger partial charge in [-0.3, -0.25) is 9.69 Å². The molecule has 7 heteroatoms. The summed E-state index contributed by atoms with van der Waals surface area (Å²) in [5.74, 6) is -0.162. The van der Waals surface area contributed by atoms with Crippen molar-refractivity contribution >= 4 is 23.8 Å². The standard InChI is InChI=1S/C29H35N3O3S/c1-29(2,3)35-28(34)32-24-14-12-21(13-15-24)26(32)27(33)31-23(18-30)16-19-8-10-20(11-9-19)22-6-5-7-25(17-22)36-4/h5-11,17,21,23-24,26H,12-16H2,1-4H3,(H,31,33)/t21?,23-,24?,26-/m0/s1. The zero-order valence-electron chi connectivity index (χ0n) is 21.5. The van der Waals surface area contributed by atoms with Crippen LogP contribution in [0.1, 0.15) is 52.0 Å². The van der Waals surface area contributed by atoms with Crippen LogP contribution in [-0.2, 0) is 16.0 Å². The Morgan fingerprint density at radius 3 is 2.42 bits per heavy atom. The predicted octanol–water partition coefficient (Wildman–Crippen LogP) is 5.80. The van der Waals surface area contributed by atoms with Crippen molar-refractivity contribution in [1.82, 2.24) is 10.2 Å². The summed E-state index contributed by atoms with van der Waals surface area (Å²) in [7, 11) is 0. The van der Waals surface area contributed by atoms with E-state index in [2.05, 4.69) is 54.0 Å². The van der Waals surface area contributed by atoms with Crippen molar-refractivity contribution in [3.63, 3.8) is 0 Å². The zero-order chi connectivity index (χ0) is 25.9. The third-order valence-corrected chi connectivity index (χ3v) is 7.75. The fourth-order valence-corrected chi connectivity index (χ4v) is 5.78. The second-order valence-corrected chi connectivity index (χ2v) is 11.6. The van der Waals surface area contributed by atoms with Gasteiger partial charge in [-0.15, -0.1) is 11.8 Å². The number of hydrogen-bond donors (Lipinski definition) is 1. The Kier molecular flexibility index (Phi) is 7.94. The molecule has 2 aromatic carbocycles. The molecule has 1 saturated carbocycles. The van der Waals surface area contributed by atoms with Crippen molar-refractivity contribution in [2.45, 2.75) is 81.5 Å². The largest absolute Gasteiger partial charge is 0.444 e. The summed E-state index contributed by atoms with van der Waals surface area (Å²) in [5.41, 5.74) is 2.60. The number of nitrogens with zero attached hydrogens (tertiary/aromatic N) is 2. The van der Waals surface area contributed by atoms with Gasteiger partial charge in [-0.2, -0.15) is 5.26 Å². The highest BCUT2D eigenvalue weighted by molar-refractivity contribution is 7.98. The number of thioether (sulfide) groups is 1. The SMILES string of the molecule is CSc1cccc(-c2ccc(C[C@@H](C#N)NC(=O)[C@@H]3C4CCC(CC4)N3C(=O)OC(C)(C)C)cc2)c1. The molecule has 5 rings (SSSR count). The Morgan fingerprint density at radius 2 is 1.81 bits per heavy atom. The lowest BCUT2D eigenvalue weighted by Gasteiger charge is -2.50. The van der Waals surface area contributed by atoms with Crippen LogP contribution in [0.5, 0.6) is 0 Å². The molecule has 1 aliphatic carbocycles. The molecule has 2 atom stereocenters. The summed E-state index contributed by atoms with van der Waals surface area (Å²) in [5, 5.41) is 12.7. The highest BCUT2D eigenvalue weighted by Gasteiger charge is 2.49. The van der Waals surface area contributed by atoms with Gasteiger partial charge in [-0.1, -0.05) is 36.4 Å². The van der Waals surface area contributed by atoms with Crippen LogP contribution in [0.2, 0.25) is 0 Å². The molecular formula is C29H35N3O3S. The van der Waals surface area contributed by atoms with E-state index < -0.39 is 23.8 Å². The molecule has 0 aromatic heterocycles. The van der Waals surface area contributed by atoms with Crippen LogP contribution in [0.4, 0.5) is 4.79 Å². The topological polar surface area (TPSA) is 82.4 Å². The Labute approximate surface area is 218 Å². The third-order valence-electron chi connectivity index (χ3n) is 7.02. The van der Waals surface area contributed by atoms with Gasteiger partial charge in [0.2, 0.25) is 5.91 Å². The molecule has 6 nitrogen and oxygen atoms in total. The first kappa shape index (κ1) is 26.1. The van der Waals surface area contributed by atoms with Gasteiger partial charge in [0.05, 0.1) is 6.07 Å². The van der Waals surface area contributed by atoms with Crippen LogP contribution >= 0.6 is 11.8 Å². The van der Waals surface area contributed by atoms with Crippen LogP contribution in [-0.4, -0.2) is 46.9 Å². The number of nitriles is 1. The third kappa shape index (κ3) is 6.04. The maximum absolute atomic E-state index is 13.4. The maximum Gasteiger partial charge on any atom is 0.411 e. The fourth-order valence-electron chi connectivity index (χ4n) is 5.33. The lowest BCUT2D eigenvalue weighted by molar-refractivity contribution is -0.135. The number of benzene rings is 2. The number of amides is 2. The molecule has 0 radical (unpaired) electrons. The molecule has 190 valence electrons. The molecule has 1 N–H and O–H groups in total. The second kappa shape index (κ2) is 11.0. The lowest BCUT2D eigenvalue weighted by Crippen LogP contribution is -2.64. The van der Waals surface area contributed by atoms with E-state index in [1.54, 1.807) is 16.7 Å². The van der Waals surface area contributed by atoms with Crippen LogP contribution in [0.3, 0.4) is 0 Å². The molecule has 2 amide bonds. The minimum Gasteiger partial charge on any atom is -0.444 e. The minimum absolute atomic E-state index is 0.0123. The van der Waals surface area contributed by atoms with E-state index in [1.165, 1.54) is 4.90 Å².